The molecule has 0 saturated carbocycles. The zero-order valence-corrected chi connectivity index (χ0v) is 11.4. The van der Waals surface area contributed by atoms with E-state index in [4.69, 9.17) is 16.9 Å². The number of halogens is 2. The molecule has 2 aromatic carbocycles. The van der Waals surface area contributed by atoms with Gasteiger partial charge in [0.05, 0.1) is 16.7 Å². The standard InChI is InChI=1S/C15H10ClFN2O/c1-19(12-4-2-3-10(7-12)9-18)15(20)11-5-6-13(16)14(17)8-11/h2-8H,1H3. The molecule has 1 amide bonds. The Bertz CT molecular complexity index is 709. The normalized spacial score (nSPS) is 9.90. The first-order chi connectivity index (χ1) is 9.52. The molecule has 0 heterocycles. The van der Waals surface area contributed by atoms with Crippen LogP contribution >= 0.6 is 11.6 Å². The summed E-state index contributed by atoms with van der Waals surface area (Å²) in [6.45, 7) is 0. The van der Waals surface area contributed by atoms with Crippen molar-refractivity contribution in [3.63, 3.8) is 0 Å². The van der Waals surface area contributed by atoms with Gasteiger partial charge in [0.25, 0.3) is 5.91 Å². The van der Waals surface area contributed by atoms with E-state index in [9.17, 15) is 9.18 Å². The van der Waals surface area contributed by atoms with E-state index in [2.05, 4.69) is 0 Å². The Kier molecular flexibility index (Phi) is 4.02. The number of hydrogen-bond acceptors (Lipinski definition) is 2. The Morgan fingerprint density at radius 1 is 1.30 bits per heavy atom. The number of nitrogens with zero attached hydrogens (tertiary/aromatic N) is 2. The van der Waals surface area contributed by atoms with Crippen molar-refractivity contribution in [2.75, 3.05) is 11.9 Å². The molecule has 0 aliphatic rings. The lowest BCUT2D eigenvalue weighted by Crippen LogP contribution is -2.26. The van der Waals surface area contributed by atoms with E-state index in [0.29, 0.717) is 11.3 Å². The molecule has 5 heteroatoms. The van der Waals surface area contributed by atoms with Gasteiger partial charge in [0.1, 0.15) is 5.82 Å². The largest absolute Gasteiger partial charge is 0.311 e. The first-order valence-electron chi connectivity index (χ1n) is 5.76. The number of rotatable bonds is 2. The van der Waals surface area contributed by atoms with Gasteiger partial charge in [0.15, 0.2) is 0 Å². The molecule has 0 N–H and O–H groups in total. The zero-order valence-electron chi connectivity index (χ0n) is 10.6. The average molecular weight is 289 g/mol. The maximum absolute atomic E-state index is 13.4. The number of amides is 1. The van der Waals surface area contributed by atoms with Gasteiger partial charge in [-0.3, -0.25) is 4.79 Å². The molecule has 0 atom stereocenters. The summed E-state index contributed by atoms with van der Waals surface area (Å²) in [7, 11) is 1.56. The van der Waals surface area contributed by atoms with E-state index in [1.54, 1.807) is 31.3 Å². The van der Waals surface area contributed by atoms with Gasteiger partial charge < -0.3 is 4.90 Å². The lowest BCUT2D eigenvalue weighted by molar-refractivity contribution is 0.0992. The highest BCUT2D eigenvalue weighted by atomic mass is 35.5. The number of carbonyl (C=O) groups excluding carboxylic acids is 1. The molecule has 20 heavy (non-hydrogen) atoms. The molecule has 0 aliphatic carbocycles. The third-order valence-corrected chi connectivity index (χ3v) is 3.14. The summed E-state index contributed by atoms with van der Waals surface area (Å²) in [6, 6.07) is 12.5. The highest BCUT2D eigenvalue weighted by Gasteiger charge is 2.15. The van der Waals surface area contributed by atoms with Gasteiger partial charge in [0.2, 0.25) is 0 Å². The van der Waals surface area contributed by atoms with Crippen molar-refractivity contribution in [3.8, 4) is 6.07 Å². The quantitative estimate of drug-likeness (QED) is 0.847. The van der Waals surface area contributed by atoms with Crippen LogP contribution in [0, 0.1) is 17.1 Å². The number of hydrogen-bond donors (Lipinski definition) is 0. The first-order valence-corrected chi connectivity index (χ1v) is 6.14. The molecule has 2 rings (SSSR count). The molecular formula is C15H10ClFN2O. The van der Waals surface area contributed by atoms with Gasteiger partial charge >= 0.3 is 0 Å². The maximum Gasteiger partial charge on any atom is 0.258 e. The van der Waals surface area contributed by atoms with E-state index < -0.39 is 5.82 Å². The summed E-state index contributed by atoms with van der Waals surface area (Å²) in [6.07, 6.45) is 0. The second-order valence-corrected chi connectivity index (χ2v) is 4.56. The van der Waals surface area contributed by atoms with Crippen LogP contribution in [0.15, 0.2) is 42.5 Å². The fourth-order valence-corrected chi connectivity index (χ4v) is 1.84. The molecule has 0 aliphatic heterocycles. The van der Waals surface area contributed by atoms with E-state index in [1.807, 2.05) is 6.07 Å². The highest BCUT2D eigenvalue weighted by molar-refractivity contribution is 6.30. The molecule has 3 nitrogen and oxygen atoms in total. The molecule has 0 spiro atoms. The van der Waals surface area contributed by atoms with Crippen LogP contribution in [0.4, 0.5) is 10.1 Å². The van der Waals surface area contributed by atoms with Gasteiger partial charge in [-0.05, 0) is 36.4 Å². The number of benzene rings is 2. The minimum absolute atomic E-state index is 0.0318. The molecule has 0 fully saturated rings. The third-order valence-electron chi connectivity index (χ3n) is 2.83. The molecule has 0 bridgehead atoms. The predicted molar refractivity (Wildman–Crippen MR) is 75.3 cm³/mol. The van der Waals surface area contributed by atoms with Gasteiger partial charge in [-0.15, -0.1) is 0 Å². The first kappa shape index (κ1) is 14.0. The average Bonchev–Trinajstić information content (AvgIpc) is 2.48. The molecule has 100 valence electrons. The number of carbonyl (C=O) groups is 1. The third kappa shape index (κ3) is 2.79. The summed E-state index contributed by atoms with van der Waals surface area (Å²) in [5, 5.41) is 8.82. The van der Waals surface area contributed by atoms with Crippen LogP contribution in [0.3, 0.4) is 0 Å². The Morgan fingerprint density at radius 2 is 2.05 bits per heavy atom. The Balaban J connectivity index is 2.32. The number of anilines is 1. The van der Waals surface area contributed by atoms with E-state index in [-0.39, 0.29) is 16.5 Å². The van der Waals surface area contributed by atoms with Crippen LogP contribution in [0.5, 0.6) is 0 Å². The topological polar surface area (TPSA) is 44.1 Å². The van der Waals surface area contributed by atoms with E-state index >= 15 is 0 Å². The summed E-state index contributed by atoms with van der Waals surface area (Å²) in [5.74, 6) is -1.02. The van der Waals surface area contributed by atoms with Crippen LogP contribution < -0.4 is 4.90 Å². The molecule has 0 radical (unpaired) electrons. The fraction of sp³-hybridized carbons (Fsp3) is 0.0667. The fourth-order valence-electron chi connectivity index (χ4n) is 1.72. The molecule has 0 saturated heterocycles. The van der Waals surface area contributed by atoms with Crippen LogP contribution in [-0.4, -0.2) is 13.0 Å². The van der Waals surface area contributed by atoms with Gasteiger partial charge in [-0.1, -0.05) is 17.7 Å². The Hall–Kier alpha value is -2.38. The summed E-state index contributed by atoms with van der Waals surface area (Å²) >= 11 is 5.59. The monoisotopic (exact) mass is 288 g/mol. The zero-order chi connectivity index (χ0) is 14.7. The Labute approximate surface area is 120 Å². The molecule has 0 aromatic heterocycles. The molecule has 0 unspecified atom stereocenters. The molecule has 2 aromatic rings. The van der Waals surface area contributed by atoms with Crippen molar-refractivity contribution in [2.24, 2.45) is 0 Å². The van der Waals surface area contributed by atoms with Crippen molar-refractivity contribution in [1.82, 2.24) is 0 Å². The van der Waals surface area contributed by atoms with Crippen molar-refractivity contribution < 1.29 is 9.18 Å². The van der Waals surface area contributed by atoms with E-state index in [0.717, 1.165) is 6.07 Å². The lowest BCUT2D eigenvalue weighted by Gasteiger charge is -2.17. The summed E-state index contributed by atoms with van der Waals surface area (Å²) in [4.78, 5) is 13.6. The highest BCUT2D eigenvalue weighted by Crippen LogP contribution is 2.20. The summed E-state index contributed by atoms with van der Waals surface area (Å²) < 4.78 is 13.4. The van der Waals surface area contributed by atoms with Crippen LogP contribution in [0.25, 0.3) is 0 Å². The van der Waals surface area contributed by atoms with Gasteiger partial charge in [-0.25, -0.2) is 4.39 Å². The van der Waals surface area contributed by atoms with Crippen molar-refractivity contribution >= 4 is 23.2 Å². The van der Waals surface area contributed by atoms with Crippen molar-refractivity contribution in [2.45, 2.75) is 0 Å². The minimum atomic E-state index is -0.642. The maximum atomic E-state index is 13.4. The van der Waals surface area contributed by atoms with Gasteiger partial charge in [0, 0.05) is 18.3 Å². The minimum Gasteiger partial charge on any atom is -0.311 e. The smallest absolute Gasteiger partial charge is 0.258 e. The number of nitriles is 1. The van der Waals surface area contributed by atoms with Crippen molar-refractivity contribution in [3.05, 3.63) is 64.4 Å². The van der Waals surface area contributed by atoms with Crippen LogP contribution in [0.2, 0.25) is 5.02 Å². The molecular weight excluding hydrogens is 279 g/mol. The SMILES string of the molecule is CN(C(=O)c1ccc(Cl)c(F)c1)c1cccc(C#N)c1. The van der Waals surface area contributed by atoms with Gasteiger partial charge in [-0.2, -0.15) is 5.26 Å². The van der Waals surface area contributed by atoms with Crippen LogP contribution in [-0.2, 0) is 0 Å². The second kappa shape index (κ2) is 5.72. The predicted octanol–water partition coefficient (Wildman–Crippen LogP) is 3.63. The lowest BCUT2D eigenvalue weighted by atomic mass is 10.1. The second-order valence-electron chi connectivity index (χ2n) is 4.16. The van der Waals surface area contributed by atoms with Crippen molar-refractivity contribution in [1.29, 1.82) is 5.26 Å². The summed E-state index contributed by atoms with van der Waals surface area (Å²) in [5.41, 5.74) is 1.20. The van der Waals surface area contributed by atoms with E-state index in [1.165, 1.54) is 17.0 Å². The Morgan fingerprint density at radius 3 is 2.70 bits per heavy atom. The van der Waals surface area contributed by atoms with Crippen LogP contribution in [0.1, 0.15) is 15.9 Å².